The number of hydrogen-bond donors (Lipinski definition) is 0. The summed E-state index contributed by atoms with van der Waals surface area (Å²) < 4.78 is 5.32. The van der Waals surface area contributed by atoms with E-state index in [4.69, 9.17) is 4.74 Å². The first-order valence-electron chi connectivity index (χ1n) is 11.6. The molecule has 0 radical (unpaired) electrons. The highest BCUT2D eigenvalue weighted by Crippen LogP contribution is 2.13. The minimum absolute atomic E-state index is 0.180. The van der Waals surface area contributed by atoms with E-state index in [-0.39, 0.29) is 5.97 Å². The molecule has 0 amide bonds. The first kappa shape index (κ1) is 25.2. The molecule has 0 aliphatic rings. The predicted octanol–water partition coefficient (Wildman–Crippen LogP) is 8.15. The number of unbranched alkanes of at least 4 members (excludes halogenated alkanes) is 15. The van der Waals surface area contributed by atoms with Crippen molar-refractivity contribution < 1.29 is 9.53 Å². The molecule has 154 valence electrons. The molecule has 26 heavy (non-hydrogen) atoms. The van der Waals surface area contributed by atoms with Crippen LogP contribution in [0.3, 0.4) is 0 Å². The molecule has 0 atom stereocenters. The Balaban J connectivity index is 3.25. The summed E-state index contributed by atoms with van der Waals surface area (Å²) in [5, 5.41) is 0. The van der Waals surface area contributed by atoms with E-state index in [0.717, 1.165) is 19.3 Å². The van der Waals surface area contributed by atoms with Crippen molar-refractivity contribution in [3.8, 4) is 0 Å². The van der Waals surface area contributed by atoms with Gasteiger partial charge in [-0.3, -0.25) is 0 Å². The van der Waals surface area contributed by atoms with Gasteiger partial charge in [0.15, 0.2) is 0 Å². The maximum Gasteiger partial charge on any atom is 0.333 e. The van der Waals surface area contributed by atoms with Crippen molar-refractivity contribution in [2.24, 2.45) is 0 Å². The van der Waals surface area contributed by atoms with Gasteiger partial charge >= 0.3 is 5.97 Å². The first-order chi connectivity index (χ1) is 12.7. The number of rotatable bonds is 20. The number of carbonyl (C=O) groups excluding carboxylic acids is 1. The average molecular weight is 367 g/mol. The number of ether oxygens (including phenoxy) is 1. The van der Waals surface area contributed by atoms with E-state index in [0.29, 0.717) is 12.2 Å². The van der Waals surface area contributed by atoms with Crippen LogP contribution >= 0.6 is 0 Å². The van der Waals surface area contributed by atoms with Crippen LogP contribution in [0.15, 0.2) is 12.2 Å². The second kappa shape index (κ2) is 20.5. The summed E-state index contributed by atoms with van der Waals surface area (Å²) in [4.78, 5) is 11.8. The van der Waals surface area contributed by atoms with Gasteiger partial charge in [0.25, 0.3) is 0 Å². The van der Waals surface area contributed by atoms with Gasteiger partial charge in [-0.25, -0.2) is 4.79 Å². The molecular weight excluding hydrogens is 320 g/mol. The third-order valence-corrected chi connectivity index (χ3v) is 5.10. The number of hydrogen-bond acceptors (Lipinski definition) is 2. The van der Waals surface area contributed by atoms with Crippen molar-refractivity contribution in [3.63, 3.8) is 0 Å². The lowest BCUT2D eigenvalue weighted by molar-refractivity contribution is -0.139. The van der Waals surface area contributed by atoms with Crippen LogP contribution in [0.5, 0.6) is 0 Å². The van der Waals surface area contributed by atoms with Gasteiger partial charge in [0.05, 0.1) is 6.61 Å². The fraction of sp³-hybridized carbons (Fsp3) is 0.875. The lowest BCUT2D eigenvalue weighted by Crippen LogP contribution is -2.08. The van der Waals surface area contributed by atoms with Crippen molar-refractivity contribution in [2.45, 2.75) is 129 Å². The summed E-state index contributed by atoms with van der Waals surface area (Å²) >= 11 is 0. The van der Waals surface area contributed by atoms with E-state index in [1.807, 2.05) is 0 Å². The van der Waals surface area contributed by atoms with Gasteiger partial charge in [-0.15, -0.1) is 0 Å². The second-order valence-electron chi connectivity index (χ2n) is 7.79. The Morgan fingerprint density at radius 3 is 1.46 bits per heavy atom. The Hall–Kier alpha value is -0.790. The average Bonchev–Trinajstić information content (AvgIpc) is 2.65. The Morgan fingerprint density at radius 1 is 0.615 bits per heavy atom. The van der Waals surface area contributed by atoms with Gasteiger partial charge < -0.3 is 4.74 Å². The highest BCUT2D eigenvalue weighted by molar-refractivity contribution is 5.87. The Kier molecular flexibility index (Phi) is 19.9. The van der Waals surface area contributed by atoms with Gasteiger partial charge in [-0.05, 0) is 19.3 Å². The topological polar surface area (TPSA) is 26.3 Å². The third-order valence-electron chi connectivity index (χ3n) is 5.10. The molecule has 2 heteroatoms. The fourth-order valence-electron chi connectivity index (χ4n) is 3.25. The van der Waals surface area contributed by atoms with Gasteiger partial charge in [0, 0.05) is 5.57 Å². The summed E-state index contributed by atoms with van der Waals surface area (Å²) in [6, 6.07) is 0. The zero-order chi connectivity index (χ0) is 19.3. The molecule has 0 aromatic rings. The molecular formula is C24H46O2. The van der Waals surface area contributed by atoms with Crippen molar-refractivity contribution in [3.05, 3.63) is 12.2 Å². The molecule has 0 bridgehead atoms. The maximum absolute atomic E-state index is 11.8. The molecule has 0 heterocycles. The van der Waals surface area contributed by atoms with Crippen LogP contribution < -0.4 is 0 Å². The van der Waals surface area contributed by atoms with E-state index in [9.17, 15) is 4.79 Å². The largest absolute Gasteiger partial charge is 0.462 e. The standard InChI is InChI=1S/C24H46O2/c1-4-6-8-10-11-12-13-14-15-16-17-18-20-22-26-24(25)23(3)21-19-9-7-5-2/h3-22H2,1-2H3. The predicted molar refractivity (Wildman–Crippen MR) is 115 cm³/mol. The molecule has 0 saturated carbocycles. The van der Waals surface area contributed by atoms with E-state index in [1.165, 1.54) is 96.3 Å². The highest BCUT2D eigenvalue weighted by Gasteiger charge is 2.07. The van der Waals surface area contributed by atoms with Gasteiger partial charge in [0.2, 0.25) is 0 Å². The zero-order valence-corrected chi connectivity index (χ0v) is 18.0. The summed E-state index contributed by atoms with van der Waals surface area (Å²) in [6.07, 6.45) is 22.8. The molecule has 0 aliphatic carbocycles. The molecule has 0 unspecified atom stereocenters. The lowest BCUT2D eigenvalue weighted by Gasteiger charge is -2.07. The minimum atomic E-state index is -0.180. The highest BCUT2D eigenvalue weighted by atomic mass is 16.5. The molecule has 0 spiro atoms. The van der Waals surface area contributed by atoms with Crippen LogP contribution in [-0.4, -0.2) is 12.6 Å². The van der Waals surface area contributed by atoms with Crippen LogP contribution in [0.2, 0.25) is 0 Å². The van der Waals surface area contributed by atoms with Gasteiger partial charge in [-0.2, -0.15) is 0 Å². The zero-order valence-electron chi connectivity index (χ0n) is 18.0. The first-order valence-corrected chi connectivity index (χ1v) is 11.6. The molecule has 0 rings (SSSR count). The van der Waals surface area contributed by atoms with Crippen LogP contribution in [0.25, 0.3) is 0 Å². The van der Waals surface area contributed by atoms with Crippen molar-refractivity contribution in [1.29, 1.82) is 0 Å². The monoisotopic (exact) mass is 366 g/mol. The lowest BCUT2D eigenvalue weighted by atomic mass is 10.0. The summed E-state index contributed by atoms with van der Waals surface area (Å²) in [7, 11) is 0. The molecule has 0 fully saturated rings. The molecule has 0 saturated heterocycles. The minimum Gasteiger partial charge on any atom is -0.462 e. The van der Waals surface area contributed by atoms with Crippen molar-refractivity contribution in [1.82, 2.24) is 0 Å². The molecule has 0 aromatic carbocycles. The SMILES string of the molecule is C=C(CCCCCC)C(=O)OCCCCCCCCCCCCCCC. The molecule has 0 aliphatic heterocycles. The van der Waals surface area contributed by atoms with Crippen LogP contribution in [0.1, 0.15) is 129 Å². The number of esters is 1. The summed E-state index contributed by atoms with van der Waals surface area (Å²) in [5.41, 5.74) is 0.649. The Morgan fingerprint density at radius 2 is 1.00 bits per heavy atom. The van der Waals surface area contributed by atoms with E-state index >= 15 is 0 Å². The van der Waals surface area contributed by atoms with E-state index in [1.54, 1.807) is 0 Å². The third kappa shape index (κ3) is 18.0. The van der Waals surface area contributed by atoms with Gasteiger partial charge in [0.1, 0.15) is 0 Å². The van der Waals surface area contributed by atoms with Gasteiger partial charge in [-0.1, -0.05) is 117 Å². The van der Waals surface area contributed by atoms with Crippen molar-refractivity contribution in [2.75, 3.05) is 6.61 Å². The fourth-order valence-corrected chi connectivity index (χ4v) is 3.25. The smallest absolute Gasteiger partial charge is 0.333 e. The van der Waals surface area contributed by atoms with Crippen LogP contribution in [0, 0.1) is 0 Å². The van der Waals surface area contributed by atoms with Crippen molar-refractivity contribution >= 4 is 5.97 Å². The quantitative estimate of drug-likeness (QED) is 0.123. The van der Waals surface area contributed by atoms with Crippen LogP contribution in [-0.2, 0) is 9.53 Å². The van der Waals surface area contributed by atoms with E-state index < -0.39 is 0 Å². The molecule has 2 nitrogen and oxygen atoms in total. The Bertz CT molecular complexity index is 322. The van der Waals surface area contributed by atoms with Crippen LogP contribution in [0.4, 0.5) is 0 Å². The second-order valence-corrected chi connectivity index (χ2v) is 7.79. The van der Waals surface area contributed by atoms with E-state index in [2.05, 4.69) is 20.4 Å². The molecule has 0 N–H and O–H groups in total. The number of carbonyl (C=O) groups is 1. The Labute approximate surface area is 164 Å². The summed E-state index contributed by atoms with van der Waals surface area (Å²) in [6.45, 7) is 8.89. The summed E-state index contributed by atoms with van der Waals surface area (Å²) in [5.74, 6) is -0.180. The molecule has 0 aromatic heterocycles. The maximum atomic E-state index is 11.8. The normalized spacial score (nSPS) is 10.8.